The molecule has 1 aromatic carbocycles. The highest BCUT2D eigenvalue weighted by Crippen LogP contribution is 2.33. The van der Waals surface area contributed by atoms with Gasteiger partial charge < -0.3 is 9.47 Å². The number of nitrogens with zero attached hydrogens (tertiary/aromatic N) is 1. The maximum Gasteiger partial charge on any atom is 0.266 e. The second-order valence-electron chi connectivity index (χ2n) is 4.07. The Bertz CT molecular complexity index is 562. The van der Waals surface area contributed by atoms with Crippen LogP contribution in [0.4, 0.5) is 0 Å². The van der Waals surface area contributed by atoms with Crippen molar-refractivity contribution in [2.24, 2.45) is 0 Å². The van der Waals surface area contributed by atoms with Crippen molar-refractivity contribution in [3.63, 3.8) is 0 Å². The van der Waals surface area contributed by atoms with Gasteiger partial charge in [0.2, 0.25) is 0 Å². The fraction of sp³-hybridized carbons (Fsp3) is 0.286. The molecule has 0 bridgehead atoms. The Morgan fingerprint density at radius 3 is 2.30 bits per heavy atom. The molecule has 0 atom stereocenters. The topological polar surface area (TPSA) is 38.8 Å². The van der Waals surface area contributed by atoms with Gasteiger partial charge in [-0.15, -0.1) is 0 Å². The average molecular weight is 309 g/mol. The molecule has 0 saturated carbocycles. The minimum Gasteiger partial charge on any atom is -0.497 e. The Morgan fingerprint density at radius 2 is 1.85 bits per heavy atom. The van der Waals surface area contributed by atoms with Gasteiger partial charge in [0.1, 0.15) is 15.8 Å². The zero-order valence-corrected chi connectivity index (χ0v) is 13.1. The van der Waals surface area contributed by atoms with Crippen LogP contribution in [0.2, 0.25) is 0 Å². The molecule has 0 spiro atoms. The number of thioether (sulfide) groups is 1. The molecular formula is C14H15NO3S2. The third-order valence-corrected chi connectivity index (χ3v) is 4.24. The van der Waals surface area contributed by atoms with Crippen LogP contribution in [0.15, 0.2) is 23.1 Å². The van der Waals surface area contributed by atoms with Crippen LogP contribution in [-0.4, -0.2) is 35.9 Å². The summed E-state index contributed by atoms with van der Waals surface area (Å²) in [4.78, 5) is 14.4. The van der Waals surface area contributed by atoms with Gasteiger partial charge in [0, 0.05) is 12.6 Å². The quantitative estimate of drug-likeness (QED) is 0.631. The van der Waals surface area contributed by atoms with E-state index in [1.165, 1.54) is 11.8 Å². The van der Waals surface area contributed by atoms with E-state index in [4.69, 9.17) is 21.7 Å². The Labute approximate surface area is 127 Å². The third-order valence-electron chi connectivity index (χ3n) is 2.86. The van der Waals surface area contributed by atoms with Gasteiger partial charge in [-0.05, 0) is 30.7 Å². The van der Waals surface area contributed by atoms with Gasteiger partial charge >= 0.3 is 0 Å². The Kier molecular flexibility index (Phi) is 4.67. The summed E-state index contributed by atoms with van der Waals surface area (Å²) < 4.78 is 11.0. The fourth-order valence-electron chi connectivity index (χ4n) is 1.84. The molecule has 20 heavy (non-hydrogen) atoms. The van der Waals surface area contributed by atoms with E-state index < -0.39 is 0 Å². The van der Waals surface area contributed by atoms with Crippen molar-refractivity contribution in [2.45, 2.75) is 6.92 Å². The molecule has 2 rings (SSSR count). The summed E-state index contributed by atoms with van der Waals surface area (Å²) in [7, 11) is 3.18. The van der Waals surface area contributed by atoms with E-state index in [-0.39, 0.29) is 5.91 Å². The highest BCUT2D eigenvalue weighted by atomic mass is 32.2. The van der Waals surface area contributed by atoms with E-state index in [1.54, 1.807) is 31.3 Å². The van der Waals surface area contributed by atoms with E-state index in [2.05, 4.69) is 0 Å². The normalized spacial score (nSPS) is 16.9. The number of thiocarbonyl (C=S) groups is 1. The van der Waals surface area contributed by atoms with Gasteiger partial charge in [-0.2, -0.15) is 0 Å². The SMILES string of the molecule is CCN1C(=O)/C(=C\c2cc(OC)cc(OC)c2)SC1=S. The summed E-state index contributed by atoms with van der Waals surface area (Å²) in [5, 5.41) is 0. The number of rotatable bonds is 4. The fourth-order valence-corrected chi connectivity index (χ4v) is 3.22. The number of carbonyl (C=O) groups is 1. The Morgan fingerprint density at radius 1 is 1.25 bits per heavy atom. The third kappa shape index (κ3) is 2.96. The van der Waals surface area contributed by atoms with E-state index in [0.29, 0.717) is 27.3 Å². The zero-order chi connectivity index (χ0) is 14.7. The predicted octanol–water partition coefficient (Wildman–Crippen LogP) is 2.92. The van der Waals surface area contributed by atoms with Crippen molar-refractivity contribution in [3.8, 4) is 11.5 Å². The van der Waals surface area contributed by atoms with Crippen molar-refractivity contribution in [2.75, 3.05) is 20.8 Å². The molecule has 1 fully saturated rings. The molecule has 0 aliphatic carbocycles. The monoisotopic (exact) mass is 309 g/mol. The second kappa shape index (κ2) is 6.28. The Balaban J connectivity index is 2.36. The molecule has 0 N–H and O–H groups in total. The maximum atomic E-state index is 12.1. The standard InChI is InChI=1S/C14H15NO3S2/c1-4-15-13(16)12(20-14(15)19)7-9-5-10(17-2)8-11(6-9)18-3/h5-8H,4H2,1-3H3/b12-7+. The summed E-state index contributed by atoms with van der Waals surface area (Å²) in [6.07, 6.45) is 1.81. The molecule has 6 heteroatoms. The number of amides is 1. The van der Waals surface area contributed by atoms with E-state index in [9.17, 15) is 4.79 Å². The van der Waals surface area contributed by atoms with Gasteiger partial charge in [-0.3, -0.25) is 9.69 Å². The van der Waals surface area contributed by atoms with Crippen molar-refractivity contribution in [3.05, 3.63) is 28.7 Å². The second-order valence-corrected chi connectivity index (χ2v) is 5.75. The minimum absolute atomic E-state index is 0.0516. The summed E-state index contributed by atoms with van der Waals surface area (Å²) in [5.74, 6) is 1.31. The molecule has 0 aromatic heterocycles. The number of likely N-dealkylation sites (N-methyl/N-ethyl adjacent to an activating group) is 1. The molecule has 1 aromatic rings. The molecule has 0 unspecified atom stereocenters. The predicted molar refractivity (Wildman–Crippen MR) is 85.1 cm³/mol. The summed E-state index contributed by atoms with van der Waals surface area (Å²) in [6, 6.07) is 5.48. The number of benzene rings is 1. The largest absolute Gasteiger partial charge is 0.497 e. The first kappa shape index (κ1) is 14.9. The van der Waals surface area contributed by atoms with Crippen LogP contribution < -0.4 is 9.47 Å². The average Bonchev–Trinajstić information content (AvgIpc) is 2.72. The summed E-state index contributed by atoms with van der Waals surface area (Å²) >= 11 is 6.50. The van der Waals surface area contributed by atoms with Crippen molar-refractivity contribution < 1.29 is 14.3 Å². The van der Waals surface area contributed by atoms with E-state index in [1.807, 2.05) is 19.1 Å². The van der Waals surface area contributed by atoms with E-state index in [0.717, 1.165) is 5.56 Å². The van der Waals surface area contributed by atoms with E-state index >= 15 is 0 Å². The molecule has 1 aliphatic heterocycles. The summed E-state index contributed by atoms with van der Waals surface area (Å²) in [5.41, 5.74) is 0.845. The van der Waals surface area contributed by atoms with Gasteiger partial charge in [0.15, 0.2) is 0 Å². The van der Waals surface area contributed by atoms with Crippen LogP contribution in [0.5, 0.6) is 11.5 Å². The van der Waals surface area contributed by atoms with Crippen LogP contribution in [0.3, 0.4) is 0 Å². The van der Waals surface area contributed by atoms with Crippen LogP contribution in [0, 0.1) is 0 Å². The number of ether oxygens (including phenoxy) is 2. The van der Waals surface area contributed by atoms with Crippen molar-refractivity contribution >= 4 is 40.3 Å². The molecule has 4 nitrogen and oxygen atoms in total. The first-order valence-corrected chi connectivity index (χ1v) is 7.30. The lowest BCUT2D eigenvalue weighted by Gasteiger charge is -2.09. The van der Waals surface area contributed by atoms with Crippen LogP contribution in [-0.2, 0) is 4.79 Å². The highest BCUT2D eigenvalue weighted by molar-refractivity contribution is 8.26. The molecule has 1 saturated heterocycles. The lowest BCUT2D eigenvalue weighted by atomic mass is 10.2. The molecule has 1 amide bonds. The maximum absolute atomic E-state index is 12.1. The number of hydrogen-bond acceptors (Lipinski definition) is 5. The number of hydrogen-bond donors (Lipinski definition) is 0. The summed E-state index contributed by atoms with van der Waals surface area (Å²) in [6.45, 7) is 2.49. The van der Waals surface area contributed by atoms with Crippen molar-refractivity contribution in [1.29, 1.82) is 0 Å². The molecule has 1 heterocycles. The van der Waals surface area contributed by atoms with Gasteiger partial charge in [0.05, 0.1) is 19.1 Å². The van der Waals surface area contributed by atoms with Crippen molar-refractivity contribution in [1.82, 2.24) is 4.90 Å². The van der Waals surface area contributed by atoms with Gasteiger partial charge in [-0.25, -0.2) is 0 Å². The molecule has 1 aliphatic rings. The molecule has 0 radical (unpaired) electrons. The first-order valence-electron chi connectivity index (χ1n) is 6.07. The van der Waals surface area contributed by atoms with Gasteiger partial charge in [0.25, 0.3) is 5.91 Å². The lowest BCUT2D eigenvalue weighted by molar-refractivity contribution is -0.121. The first-order chi connectivity index (χ1) is 9.58. The number of carbonyl (C=O) groups excluding carboxylic acids is 1. The number of methoxy groups -OCH3 is 2. The van der Waals surface area contributed by atoms with Gasteiger partial charge in [-0.1, -0.05) is 24.0 Å². The zero-order valence-electron chi connectivity index (χ0n) is 11.5. The van der Waals surface area contributed by atoms with Crippen LogP contribution in [0.1, 0.15) is 12.5 Å². The smallest absolute Gasteiger partial charge is 0.266 e. The minimum atomic E-state index is -0.0516. The highest BCUT2D eigenvalue weighted by Gasteiger charge is 2.30. The molecule has 106 valence electrons. The van der Waals surface area contributed by atoms with Crippen LogP contribution >= 0.6 is 24.0 Å². The Hall–Kier alpha value is -1.53. The lowest BCUT2D eigenvalue weighted by Crippen LogP contribution is -2.27. The van der Waals surface area contributed by atoms with Crippen LogP contribution in [0.25, 0.3) is 6.08 Å². The molecular weight excluding hydrogens is 294 g/mol.